The highest BCUT2D eigenvalue weighted by Crippen LogP contribution is 2.33. The van der Waals surface area contributed by atoms with Gasteiger partial charge in [0.25, 0.3) is 0 Å². The molecule has 0 amide bonds. The van der Waals surface area contributed by atoms with Crippen molar-refractivity contribution in [3.8, 4) is 35.0 Å². The Morgan fingerprint density at radius 3 is 2.38 bits per heavy atom. The van der Waals surface area contributed by atoms with Gasteiger partial charge in [0, 0.05) is 5.56 Å². The Bertz CT molecular complexity index is 726. The molecule has 2 rings (SSSR count). The highest BCUT2D eigenvalue weighted by atomic mass is 16.5. The van der Waals surface area contributed by atoms with Gasteiger partial charge in [-0.15, -0.1) is 6.42 Å². The summed E-state index contributed by atoms with van der Waals surface area (Å²) >= 11 is 0. The van der Waals surface area contributed by atoms with Gasteiger partial charge in [-0.05, 0) is 35.4 Å². The molecule has 2 aromatic rings. The van der Waals surface area contributed by atoms with Crippen LogP contribution < -0.4 is 9.47 Å². The SMILES string of the molecule is C#Cc1cc(C(=O)O)ccc1-c1ccc(OC)c(OC)c1. The number of aromatic carboxylic acids is 1. The quantitative estimate of drug-likeness (QED) is 0.876. The predicted octanol–water partition coefficient (Wildman–Crippen LogP) is 3.05. The van der Waals surface area contributed by atoms with E-state index in [-0.39, 0.29) is 5.56 Å². The van der Waals surface area contributed by atoms with Gasteiger partial charge in [-0.3, -0.25) is 0 Å². The molecule has 0 heterocycles. The van der Waals surface area contributed by atoms with Gasteiger partial charge < -0.3 is 14.6 Å². The van der Waals surface area contributed by atoms with Crippen molar-refractivity contribution in [3.63, 3.8) is 0 Å². The summed E-state index contributed by atoms with van der Waals surface area (Å²) in [5.41, 5.74) is 2.27. The maximum atomic E-state index is 11.0. The van der Waals surface area contributed by atoms with Crippen LogP contribution in [-0.2, 0) is 0 Å². The van der Waals surface area contributed by atoms with E-state index in [1.54, 1.807) is 32.4 Å². The number of rotatable bonds is 4. The molecule has 4 nitrogen and oxygen atoms in total. The average molecular weight is 282 g/mol. The van der Waals surface area contributed by atoms with Gasteiger partial charge in [0.1, 0.15) is 0 Å². The molecule has 0 atom stereocenters. The fourth-order valence-corrected chi connectivity index (χ4v) is 2.05. The minimum Gasteiger partial charge on any atom is -0.493 e. The van der Waals surface area contributed by atoms with Gasteiger partial charge >= 0.3 is 5.97 Å². The van der Waals surface area contributed by atoms with Gasteiger partial charge in [-0.2, -0.15) is 0 Å². The first kappa shape index (κ1) is 14.5. The van der Waals surface area contributed by atoms with Crippen molar-refractivity contribution in [3.05, 3.63) is 47.5 Å². The third kappa shape index (κ3) is 2.82. The lowest BCUT2D eigenvalue weighted by atomic mass is 9.97. The van der Waals surface area contributed by atoms with Crippen LogP contribution in [0.5, 0.6) is 11.5 Å². The van der Waals surface area contributed by atoms with Crippen molar-refractivity contribution in [2.75, 3.05) is 14.2 Å². The maximum absolute atomic E-state index is 11.0. The summed E-state index contributed by atoms with van der Waals surface area (Å²) in [6, 6.07) is 10.1. The first-order valence-electron chi connectivity index (χ1n) is 6.17. The molecule has 4 heteroatoms. The lowest BCUT2D eigenvalue weighted by Gasteiger charge is -2.11. The lowest BCUT2D eigenvalue weighted by molar-refractivity contribution is 0.0697. The summed E-state index contributed by atoms with van der Waals surface area (Å²) in [5, 5.41) is 9.01. The van der Waals surface area contributed by atoms with Crippen LogP contribution in [0.1, 0.15) is 15.9 Å². The standard InChI is InChI=1S/C17H14O4/c1-4-11-9-13(17(18)19)5-7-14(11)12-6-8-15(20-2)16(10-12)21-3/h1,5-10H,2-3H3,(H,18,19). The summed E-state index contributed by atoms with van der Waals surface area (Å²) < 4.78 is 10.5. The van der Waals surface area contributed by atoms with Crippen LogP contribution in [0.25, 0.3) is 11.1 Å². The summed E-state index contributed by atoms with van der Waals surface area (Å²) in [4.78, 5) is 11.0. The molecule has 0 fully saturated rings. The van der Waals surface area contributed by atoms with Crippen molar-refractivity contribution in [1.29, 1.82) is 0 Å². The van der Waals surface area contributed by atoms with Gasteiger partial charge in [0.05, 0.1) is 19.8 Å². The Kier molecular flexibility index (Phi) is 4.15. The molecule has 0 aliphatic rings. The zero-order valence-corrected chi connectivity index (χ0v) is 11.7. The van der Waals surface area contributed by atoms with Crippen LogP contribution in [0.4, 0.5) is 0 Å². The minimum atomic E-state index is -1.01. The third-order valence-corrected chi connectivity index (χ3v) is 3.12. The molecule has 0 saturated heterocycles. The molecule has 0 aromatic heterocycles. The fourth-order valence-electron chi connectivity index (χ4n) is 2.05. The van der Waals surface area contributed by atoms with E-state index in [0.717, 1.165) is 11.1 Å². The number of hydrogen-bond acceptors (Lipinski definition) is 3. The van der Waals surface area contributed by atoms with Crippen LogP contribution >= 0.6 is 0 Å². The zero-order chi connectivity index (χ0) is 15.4. The molecule has 0 aliphatic carbocycles. The van der Waals surface area contributed by atoms with Gasteiger partial charge in [-0.25, -0.2) is 4.79 Å². The largest absolute Gasteiger partial charge is 0.493 e. The summed E-state index contributed by atoms with van der Waals surface area (Å²) in [7, 11) is 3.11. The average Bonchev–Trinajstić information content (AvgIpc) is 2.53. The van der Waals surface area contributed by atoms with E-state index in [0.29, 0.717) is 17.1 Å². The third-order valence-electron chi connectivity index (χ3n) is 3.12. The number of carboxylic acids is 1. The molecule has 106 valence electrons. The van der Waals surface area contributed by atoms with Crippen LogP contribution in [-0.4, -0.2) is 25.3 Å². The molecule has 0 aliphatic heterocycles. The van der Waals surface area contributed by atoms with E-state index in [4.69, 9.17) is 21.0 Å². The summed E-state index contributed by atoms with van der Waals surface area (Å²) in [5.74, 6) is 2.71. The predicted molar refractivity (Wildman–Crippen MR) is 79.9 cm³/mol. The lowest BCUT2D eigenvalue weighted by Crippen LogP contribution is -1.98. The monoisotopic (exact) mass is 282 g/mol. The number of terminal acetylenes is 1. The molecule has 0 unspecified atom stereocenters. The first-order chi connectivity index (χ1) is 10.1. The number of hydrogen-bond donors (Lipinski definition) is 1. The molecule has 21 heavy (non-hydrogen) atoms. The van der Waals surface area contributed by atoms with Crippen molar-refractivity contribution in [2.24, 2.45) is 0 Å². The molecule has 1 N–H and O–H groups in total. The number of ether oxygens (including phenoxy) is 2. The Morgan fingerprint density at radius 2 is 1.81 bits per heavy atom. The second kappa shape index (κ2) is 6.02. The maximum Gasteiger partial charge on any atom is 0.335 e. The van der Waals surface area contributed by atoms with Gasteiger partial charge in [0.15, 0.2) is 11.5 Å². The van der Waals surface area contributed by atoms with Crippen LogP contribution in [0, 0.1) is 12.3 Å². The molecule has 0 spiro atoms. The van der Waals surface area contributed by atoms with Gasteiger partial charge in [-0.1, -0.05) is 18.1 Å². The fraction of sp³-hybridized carbons (Fsp3) is 0.118. The van der Waals surface area contributed by atoms with Crippen LogP contribution in [0.3, 0.4) is 0 Å². The van der Waals surface area contributed by atoms with E-state index in [9.17, 15) is 4.79 Å². The smallest absolute Gasteiger partial charge is 0.335 e. The summed E-state index contributed by atoms with van der Waals surface area (Å²) in [6.45, 7) is 0. The van der Waals surface area contributed by atoms with Crippen molar-refractivity contribution < 1.29 is 19.4 Å². The van der Waals surface area contributed by atoms with Crippen molar-refractivity contribution in [2.45, 2.75) is 0 Å². The topological polar surface area (TPSA) is 55.8 Å². The number of methoxy groups -OCH3 is 2. The Morgan fingerprint density at radius 1 is 1.10 bits per heavy atom. The Labute approximate surface area is 122 Å². The molecule has 0 radical (unpaired) electrons. The zero-order valence-electron chi connectivity index (χ0n) is 11.7. The molecular weight excluding hydrogens is 268 g/mol. The number of benzene rings is 2. The number of carbonyl (C=O) groups is 1. The van der Waals surface area contributed by atoms with Crippen molar-refractivity contribution in [1.82, 2.24) is 0 Å². The van der Waals surface area contributed by atoms with E-state index in [2.05, 4.69) is 5.92 Å². The molecular formula is C17H14O4. The van der Waals surface area contributed by atoms with Crippen molar-refractivity contribution >= 4 is 5.97 Å². The van der Waals surface area contributed by atoms with Gasteiger partial charge in [0.2, 0.25) is 0 Å². The minimum absolute atomic E-state index is 0.159. The normalized spacial score (nSPS) is 9.76. The van der Waals surface area contributed by atoms with E-state index < -0.39 is 5.97 Å². The molecule has 0 saturated carbocycles. The van der Waals surface area contributed by atoms with Crippen LogP contribution in [0.15, 0.2) is 36.4 Å². The number of carboxylic acid groups (broad SMARTS) is 1. The highest BCUT2D eigenvalue weighted by molar-refractivity contribution is 5.89. The second-order valence-corrected chi connectivity index (χ2v) is 4.28. The van der Waals surface area contributed by atoms with Crippen LogP contribution in [0.2, 0.25) is 0 Å². The van der Waals surface area contributed by atoms with E-state index in [1.807, 2.05) is 6.07 Å². The summed E-state index contributed by atoms with van der Waals surface area (Å²) in [6.07, 6.45) is 5.48. The molecule has 0 bridgehead atoms. The van der Waals surface area contributed by atoms with E-state index in [1.165, 1.54) is 12.1 Å². The Hall–Kier alpha value is -2.93. The molecule has 2 aromatic carbocycles. The second-order valence-electron chi connectivity index (χ2n) is 4.28. The van der Waals surface area contributed by atoms with E-state index >= 15 is 0 Å². The highest BCUT2D eigenvalue weighted by Gasteiger charge is 2.11. The first-order valence-corrected chi connectivity index (χ1v) is 6.17. The Balaban J connectivity index is 2.57.